The van der Waals surface area contributed by atoms with Crippen molar-refractivity contribution in [3.8, 4) is 0 Å². The smallest absolute Gasteiger partial charge is 0.224 e. The molecule has 0 bridgehead atoms. The van der Waals surface area contributed by atoms with E-state index in [2.05, 4.69) is 25.3 Å². The normalized spacial score (nSPS) is 12.2. The fourth-order valence-electron chi connectivity index (χ4n) is 1.75. The van der Waals surface area contributed by atoms with Gasteiger partial charge in [0, 0.05) is 30.4 Å². The number of hydrogen-bond acceptors (Lipinski definition) is 6. The standard InChI is InChI=1S/C12H23N5O2S/c1-6-13-11-15-9(2)7-10(16-11)14-8-12(3,4)17-20(5,18)19/h7,17H,6,8H2,1-5H3,(H2,13,14,15,16). The first kappa shape index (κ1) is 16.6. The van der Waals surface area contributed by atoms with Gasteiger partial charge in [-0.1, -0.05) is 0 Å². The van der Waals surface area contributed by atoms with Crippen LogP contribution in [0.2, 0.25) is 0 Å². The van der Waals surface area contributed by atoms with Gasteiger partial charge in [-0.15, -0.1) is 0 Å². The van der Waals surface area contributed by atoms with Gasteiger partial charge < -0.3 is 10.6 Å². The molecule has 1 aromatic heterocycles. The zero-order valence-corrected chi connectivity index (χ0v) is 13.4. The molecule has 0 aliphatic rings. The Hall–Kier alpha value is -1.41. The average molecular weight is 301 g/mol. The highest BCUT2D eigenvalue weighted by molar-refractivity contribution is 7.88. The minimum Gasteiger partial charge on any atom is -0.368 e. The summed E-state index contributed by atoms with van der Waals surface area (Å²) < 4.78 is 25.1. The number of rotatable bonds is 7. The molecule has 0 aliphatic heterocycles. The van der Waals surface area contributed by atoms with E-state index < -0.39 is 15.6 Å². The molecule has 1 rings (SSSR count). The van der Waals surface area contributed by atoms with Gasteiger partial charge >= 0.3 is 0 Å². The van der Waals surface area contributed by atoms with Gasteiger partial charge in [-0.25, -0.2) is 18.1 Å². The number of hydrogen-bond donors (Lipinski definition) is 3. The molecule has 0 aliphatic carbocycles. The monoisotopic (exact) mass is 301 g/mol. The van der Waals surface area contributed by atoms with Gasteiger partial charge in [-0.3, -0.25) is 0 Å². The van der Waals surface area contributed by atoms with Crippen molar-refractivity contribution in [2.24, 2.45) is 0 Å². The van der Waals surface area contributed by atoms with Crippen molar-refractivity contribution in [3.63, 3.8) is 0 Å². The number of nitrogens with one attached hydrogen (secondary N) is 3. The van der Waals surface area contributed by atoms with Crippen LogP contribution in [0.25, 0.3) is 0 Å². The second kappa shape index (κ2) is 6.36. The SMILES string of the molecule is CCNc1nc(C)cc(NCC(C)(C)NS(C)(=O)=O)n1. The van der Waals surface area contributed by atoms with Crippen LogP contribution in [0.5, 0.6) is 0 Å². The number of aryl methyl sites for hydroxylation is 1. The van der Waals surface area contributed by atoms with Gasteiger partial charge in [-0.05, 0) is 27.7 Å². The molecule has 7 nitrogen and oxygen atoms in total. The Morgan fingerprint density at radius 1 is 1.25 bits per heavy atom. The van der Waals surface area contributed by atoms with E-state index in [9.17, 15) is 8.42 Å². The molecule has 114 valence electrons. The van der Waals surface area contributed by atoms with E-state index in [1.54, 1.807) is 13.8 Å². The maximum Gasteiger partial charge on any atom is 0.224 e. The van der Waals surface area contributed by atoms with E-state index >= 15 is 0 Å². The first-order valence-electron chi connectivity index (χ1n) is 6.44. The van der Waals surface area contributed by atoms with Crippen LogP contribution in [0, 0.1) is 6.92 Å². The summed E-state index contributed by atoms with van der Waals surface area (Å²) in [5, 5.41) is 6.18. The third-order valence-corrected chi connectivity index (χ3v) is 3.29. The van der Waals surface area contributed by atoms with E-state index in [1.807, 2.05) is 19.9 Å². The molecule has 0 fully saturated rings. The van der Waals surface area contributed by atoms with Gasteiger partial charge in [0.15, 0.2) is 0 Å². The number of aromatic nitrogens is 2. The Morgan fingerprint density at radius 3 is 2.45 bits per heavy atom. The molecule has 0 amide bonds. The molecule has 0 unspecified atom stereocenters. The number of sulfonamides is 1. The summed E-state index contributed by atoms with van der Waals surface area (Å²) in [6.45, 7) is 8.62. The van der Waals surface area contributed by atoms with E-state index in [1.165, 1.54) is 0 Å². The molecular formula is C12H23N5O2S. The lowest BCUT2D eigenvalue weighted by Gasteiger charge is -2.25. The second-order valence-corrected chi connectivity index (χ2v) is 7.11. The summed E-state index contributed by atoms with van der Waals surface area (Å²) in [4.78, 5) is 8.57. The number of nitrogens with zero attached hydrogens (tertiary/aromatic N) is 2. The van der Waals surface area contributed by atoms with Gasteiger partial charge in [0.25, 0.3) is 0 Å². The Morgan fingerprint density at radius 2 is 1.90 bits per heavy atom. The molecule has 0 atom stereocenters. The highest BCUT2D eigenvalue weighted by atomic mass is 32.2. The third-order valence-electron chi connectivity index (χ3n) is 2.36. The summed E-state index contributed by atoms with van der Waals surface area (Å²) in [7, 11) is -3.25. The minimum atomic E-state index is -3.25. The van der Waals surface area contributed by atoms with Crippen LogP contribution in [0.4, 0.5) is 11.8 Å². The van der Waals surface area contributed by atoms with Gasteiger partial charge in [0.1, 0.15) is 5.82 Å². The van der Waals surface area contributed by atoms with Crippen LogP contribution < -0.4 is 15.4 Å². The molecule has 0 radical (unpaired) electrons. The molecule has 1 aromatic rings. The van der Waals surface area contributed by atoms with Crippen molar-refractivity contribution < 1.29 is 8.42 Å². The highest BCUT2D eigenvalue weighted by Crippen LogP contribution is 2.11. The molecular weight excluding hydrogens is 278 g/mol. The van der Waals surface area contributed by atoms with Crippen LogP contribution >= 0.6 is 0 Å². The molecule has 0 saturated carbocycles. The van der Waals surface area contributed by atoms with Crippen molar-refractivity contribution in [3.05, 3.63) is 11.8 Å². The average Bonchev–Trinajstić information content (AvgIpc) is 2.23. The molecule has 0 aromatic carbocycles. The molecule has 8 heteroatoms. The van der Waals surface area contributed by atoms with Crippen LogP contribution in [0.3, 0.4) is 0 Å². The third kappa shape index (κ3) is 6.16. The Labute approximate surface area is 120 Å². The molecule has 0 saturated heterocycles. The van der Waals surface area contributed by atoms with E-state index in [0.717, 1.165) is 18.5 Å². The van der Waals surface area contributed by atoms with E-state index in [-0.39, 0.29) is 0 Å². The Bertz CT molecular complexity index is 557. The lowest BCUT2D eigenvalue weighted by Crippen LogP contribution is -2.47. The van der Waals surface area contributed by atoms with Crippen molar-refractivity contribution in [2.45, 2.75) is 33.2 Å². The summed E-state index contributed by atoms with van der Waals surface area (Å²) in [5.74, 6) is 1.22. The molecule has 1 heterocycles. The fraction of sp³-hybridized carbons (Fsp3) is 0.667. The maximum atomic E-state index is 11.3. The van der Waals surface area contributed by atoms with Crippen LogP contribution in [-0.4, -0.2) is 43.3 Å². The molecule has 0 spiro atoms. The van der Waals surface area contributed by atoms with Crippen LogP contribution in [0.15, 0.2) is 6.07 Å². The van der Waals surface area contributed by atoms with Crippen molar-refractivity contribution in [1.82, 2.24) is 14.7 Å². The van der Waals surface area contributed by atoms with Gasteiger partial charge in [0.05, 0.1) is 6.26 Å². The molecule has 20 heavy (non-hydrogen) atoms. The highest BCUT2D eigenvalue weighted by Gasteiger charge is 2.22. The Balaban J connectivity index is 2.74. The van der Waals surface area contributed by atoms with Crippen molar-refractivity contribution >= 4 is 21.8 Å². The van der Waals surface area contributed by atoms with E-state index in [4.69, 9.17) is 0 Å². The first-order valence-corrected chi connectivity index (χ1v) is 8.33. The minimum absolute atomic E-state index is 0.419. The quantitative estimate of drug-likeness (QED) is 0.694. The Kier molecular flexibility index (Phi) is 5.29. The van der Waals surface area contributed by atoms with Crippen LogP contribution in [0.1, 0.15) is 26.5 Å². The van der Waals surface area contributed by atoms with Gasteiger partial charge in [-0.2, -0.15) is 4.98 Å². The van der Waals surface area contributed by atoms with Crippen LogP contribution in [-0.2, 0) is 10.0 Å². The summed E-state index contributed by atoms with van der Waals surface area (Å²) in [6.07, 6.45) is 1.15. The molecule has 3 N–H and O–H groups in total. The lowest BCUT2D eigenvalue weighted by molar-refractivity contribution is 0.476. The topological polar surface area (TPSA) is 96.0 Å². The van der Waals surface area contributed by atoms with Crippen molar-refractivity contribution in [1.29, 1.82) is 0 Å². The maximum absolute atomic E-state index is 11.3. The largest absolute Gasteiger partial charge is 0.368 e. The van der Waals surface area contributed by atoms with Gasteiger partial charge in [0.2, 0.25) is 16.0 Å². The zero-order valence-electron chi connectivity index (χ0n) is 12.6. The summed E-state index contributed by atoms with van der Waals surface area (Å²) >= 11 is 0. The second-order valence-electron chi connectivity index (χ2n) is 5.36. The van der Waals surface area contributed by atoms with E-state index in [0.29, 0.717) is 18.3 Å². The predicted molar refractivity (Wildman–Crippen MR) is 81.5 cm³/mol. The number of anilines is 2. The fourth-order valence-corrected chi connectivity index (χ4v) is 2.82. The zero-order chi connectivity index (χ0) is 15.4. The van der Waals surface area contributed by atoms with Crippen molar-refractivity contribution in [2.75, 3.05) is 30.0 Å². The summed E-state index contributed by atoms with van der Waals surface area (Å²) in [6, 6.07) is 1.82. The summed E-state index contributed by atoms with van der Waals surface area (Å²) in [5.41, 5.74) is 0.234. The first-order chi connectivity index (χ1) is 9.11. The lowest BCUT2D eigenvalue weighted by atomic mass is 10.1. The predicted octanol–water partition coefficient (Wildman–Crippen LogP) is 0.957.